The molecule has 0 aromatic heterocycles. The number of piperidine rings is 1. The number of benzene rings is 1. The van der Waals surface area contributed by atoms with Crippen LogP contribution in [0.3, 0.4) is 0 Å². The summed E-state index contributed by atoms with van der Waals surface area (Å²) in [6, 6.07) is 10.1. The van der Waals surface area contributed by atoms with E-state index in [0.717, 1.165) is 44.6 Å². The third-order valence-electron chi connectivity index (χ3n) is 3.99. The van der Waals surface area contributed by atoms with E-state index in [4.69, 9.17) is 0 Å². The smallest absolute Gasteiger partial charge is 0.231 e. The van der Waals surface area contributed by atoms with Gasteiger partial charge in [0.1, 0.15) is 0 Å². The number of anilines is 1. The molecule has 2 unspecified atom stereocenters. The molecule has 0 aliphatic carbocycles. The summed E-state index contributed by atoms with van der Waals surface area (Å²) >= 11 is 0. The molecule has 1 amide bonds. The quantitative estimate of drug-likeness (QED) is 0.895. The van der Waals surface area contributed by atoms with Crippen LogP contribution in [0.1, 0.15) is 33.1 Å². The van der Waals surface area contributed by atoms with Gasteiger partial charge in [-0.3, -0.25) is 4.79 Å². The zero-order valence-corrected chi connectivity index (χ0v) is 12.6. The highest BCUT2D eigenvalue weighted by atomic mass is 16.2. The number of nitrogens with one attached hydrogen (secondary N) is 1. The molecule has 1 fully saturated rings. The van der Waals surface area contributed by atoms with Crippen molar-refractivity contribution >= 4 is 11.6 Å². The van der Waals surface area contributed by atoms with Crippen molar-refractivity contribution in [3.8, 4) is 0 Å². The summed E-state index contributed by atoms with van der Waals surface area (Å²) in [6.45, 7) is 7.05. The second kappa shape index (κ2) is 7.44. The van der Waals surface area contributed by atoms with E-state index in [1.165, 1.54) is 0 Å². The van der Waals surface area contributed by atoms with Gasteiger partial charge in [0.15, 0.2) is 0 Å². The maximum atomic E-state index is 12.8. The van der Waals surface area contributed by atoms with Gasteiger partial charge in [-0.05, 0) is 37.4 Å². The average Bonchev–Trinajstić information content (AvgIpc) is 2.48. The first-order valence-corrected chi connectivity index (χ1v) is 7.79. The number of hydrogen-bond acceptors (Lipinski definition) is 2. The van der Waals surface area contributed by atoms with Crippen LogP contribution in [0.15, 0.2) is 30.3 Å². The van der Waals surface area contributed by atoms with Crippen LogP contribution < -0.4 is 10.2 Å². The Kier molecular flexibility index (Phi) is 5.60. The highest BCUT2D eigenvalue weighted by molar-refractivity contribution is 5.95. The molecule has 1 aliphatic heterocycles. The minimum absolute atomic E-state index is 0.121. The predicted octanol–water partition coefficient (Wildman–Crippen LogP) is 3.07. The molecule has 0 saturated carbocycles. The van der Waals surface area contributed by atoms with Crippen LogP contribution in [0.5, 0.6) is 0 Å². The SMILES string of the molecule is CCCCN(C(=O)C1CNCC(C)C1)c1ccccc1. The van der Waals surface area contributed by atoms with E-state index in [0.29, 0.717) is 5.92 Å². The van der Waals surface area contributed by atoms with Crippen molar-refractivity contribution in [3.63, 3.8) is 0 Å². The Hall–Kier alpha value is -1.35. The monoisotopic (exact) mass is 274 g/mol. The molecule has 3 nitrogen and oxygen atoms in total. The van der Waals surface area contributed by atoms with Crippen molar-refractivity contribution in [1.82, 2.24) is 5.32 Å². The summed E-state index contributed by atoms with van der Waals surface area (Å²) in [6.07, 6.45) is 3.16. The first-order valence-electron chi connectivity index (χ1n) is 7.79. The Bertz CT molecular complexity index is 418. The second-order valence-electron chi connectivity index (χ2n) is 5.88. The van der Waals surface area contributed by atoms with E-state index < -0.39 is 0 Å². The standard InChI is InChI=1S/C17H26N2O/c1-3-4-10-19(16-8-6-5-7-9-16)17(20)15-11-14(2)12-18-13-15/h5-9,14-15,18H,3-4,10-13H2,1-2H3. The first-order chi connectivity index (χ1) is 9.72. The van der Waals surface area contributed by atoms with Crippen molar-refractivity contribution in [2.45, 2.75) is 33.1 Å². The molecule has 1 aromatic carbocycles. The van der Waals surface area contributed by atoms with E-state index in [1.807, 2.05) is 35.2 Å². The van der Waals surface area contributed by atoms with Crippen LogP contribution in [-0.2, 0) is 4.79 Å². The Morgan fingerprint density at radius 2 is 2.05 bits per heavy atom. The Morgan fingerprint density at radius 3 is 2.70 bits per heavy atom. The lowest BCUT2D eigenvalue weighted by molar-refractivity contribution is -0.123. The van der Waals surface area contributed by atoms with Crippen LogP contribution in [0, 0.1) is 11.8 Å². The molecule has 0 bridgehead atoms. The highest BCUT2D eigenvalue weighted by Gasteiger charge is 2.29. The summed E-state index contributed by atoms with van der Waals surface area (Å²) in [4.78, 5) is 14.8. The van der Waals surface area contributed by atoms with Crippen molar-refractivity contribution in [3.05, 3.63) is 30.3 Å². The Labute approximate surface area is 122 Å². The molecule has 110 valence electrons. The topological polar surface area (TPSA) is 32.3 Å². The van der Waals surface area contributed by atoms with E-state index in [1.54, 1.807) is 0 Å². The van der Waals surface area contributed by atoms with Crippen LogP contribution in [-0.4, -0.2) is 25.5 Å². The van der Waals surface area contributed by atoms with Gasteiger partial charge in [0.2, 0.25) is 5.91 Å². The average molecular weight is 274 g/mol. The number of para-hydroxylation sites is 1. The molecule has 20 heavy (non-hydrogen) atoms. The molecule has 1 saturated heterocycles. The van der Waals surface area contributed by atoms with Gasteiger partial charge >= 0.3 is 0 Å². The lowest BCUT2D eigenvalue weighted by Gasteiger charge is -2.32. The van der Waals surface area contributed by atoms with Crippen LogP contribution in [0.25, 0.3) is 0 Å². The zero-order valence-electron chi connectivity index (χ0n) is 12.6. The highest BCUT2D eigenvalue weighted by Crippen LogP contribution is 2.22. The van der Waals surface area contributed by atoms with Crippen molar-refractivity contribution in [2.75, 3.05) is 24.5 Å². The molecule has 1 N–H and O–H groups in total. The normalized spacial score (nSPS) is 22.5. The van der Waals surface area contributed by atoms with Crippen molar-refractivity contribution < 1.29 is 4.79 Å². The maximum absolute atomic E-state index is 12.8. The number of unbranched alkanes of at least 4 members (excludes halogenated alkanes) is 1. The number of carbonyl (C=O) groups is 1. The van der Waals surface area contributed by atoms with Gasteiger partial charge in [-0.15, -0.1) is 0 Å². The molecular weight excluding hydrogens is 248 g/mol. The molecule has 1 heterocycles. The largest absolute Gasteiger partial charge is 0.316 e. The molecule has 1 aliphatic rings. The molecule has 3 heteroatoms. The summed E-state index contributed by atoms with van der Waals surface area (Å²) in [5.41, 5.74) is 1.03. The van der Waals surface area contributed by atoms with E-state index in [2.05, 4.69) is 19.2 Å². The summed E-state index contributed by atoms with van der Waals surface area (Å²) in [5.74, 6) is 0.987. The molecule has 0 radical (unpaired) electrons. The minimum Gasteiger partial charge on any atom is -0.316 e. The molecular formula is C17H26N2O. The van der Waals surface area contributed by atoms with Gasteiger partial charge in [-0.1, -0.05) is 38.5 Å². The first kappa shape index (κ1) is 15.0. The van der Waals surface area contributed by atoms with E-state index in [-0.39, 0.29) is 11.8 Å². The van der Waals surface area contributed by atoms with Gasteiger partial charge < -0.3 is 10.2 Å². The predicted molar refractivity (Wildman–Crippen MR) is 83.8 cm³/mol. The van der Waals surface area contributed by atoms with Gasteiger partial charge in [0, 0.05) is 18.8 Å². The Morgan fingerprint density at radius 1 is 1.30 bits per heavy atom. The molecule has 0 spiro atoms. The fourth-order valence-corrected chi connectivity index (χ4v) is 2.86. The maximum Gasteiger partial charge on any atom is 0.231 e. The number of nitrogens with zero attached hydrogens (tertiary/aromatic N) is 1. The van der Waals surface area contributed by atoms with Crippen molar-refractivity contribution in [1.29, 1.82) is 0 Å². The van der Waals surface area contributed by atoms with E-state index in [9.17, 15) is 4.79 Å². The zero-order chi connectivity index (χ0) is 14.4. The number of carbonyl (C=O) groups excluding carboxylic acids is 1. The number of hydrogen-bond donors (Lipinski definition) is 1. The van der Waals surface area contributed by atoms with Gasteiger partial charge in [0.05, 0.1) is 5.92 Å². The van der Waals surface area contributed by atoms with Crippen molar-refractivity contribution in [2.24, 2.45) is 11.8 Å². The molecule has 1 aromatic rings. The van der Waals surface area contributed by atoms with Gasteiger partial charge in [0.25, 0.3) is 0 Å². The fourth-order valence-electron chi connectivity index (χ4n) is 2.86. The van der Waals surface area contributed by atoms with Crippen LogP contribution >= 0.6 is 0 Å². The molecule has 2 rings (SSSR count). The summed E-state index contributed by atoms with van der Waals surface area (Å²) < 4.78 is 0. The fraction of sp³-hybridized carbons (Fsp3) is 0.588. The second-order valence-corrected chi connectivity index (χ2v) is 5.88. The summed E-state index contributed by atoms with van der Waals surface area (Å²) in [7, 11) is 0. The van der Waals surface area contributed by atoms with Crippen LogP contribution in [0.2, 0.25) is 0 Å². The van der Waals surface area contributed by atoms with Gasteiger partial charge in [-0.25, -0.2) is 0 Å². The third-order valence-corrected chi connectivity index (χ3v) is 3.99. The van der Waals surface area contributed by atoms with E-state index >= 15 is 0 Å². The molecule has 2 atom stereocenters. The number of rotatable bonds is 5. The summed E-state index contributed by atoms with van der Waals surface area (Å²) in [5, 5.41) is 3.38. The lowest BCUT2D eigenvalue weighted by Crippen LogP contribution is -2.45. The lowest BCUT2D eigenvalue weighted by atomic mass is 9.90. The third kappa shape index (κ3) is 3.83. The Balaban J connectivity index is 2.11. The minimum atomic E-state index is 0.121. The number of amides is 1. The van der Waals surface area contributed by atoms with Crippen LogP contribution in [0.4, 0.5) is 5.69 Å². The van der Waals surface area contributed by atoms with Gasteiger partial charge in [-0.2, -0.15) is 0 Å².